The van der Waals surface area contributed by atoms with Crippen molar-refractivity contribution in [3.8, 4) is 0 Å². The van der Waals surface area contributed by atoms with E-state index in [4.69, 9.17) is 0 Å². The Morgan fingerprint density at radius 1 is 1.58 bits per heavy atom. The summed E-state index contributed by atoms with van der Waals surface area (Å²) >= 11 is 1.01. The lowest BCUT2D eigenvalue weighted by Crippen LogP contribution is -2.15. The van der Waals surface area contributed by atoms with Crippen molar-refractivity contribution < 1.29 is 13.9 Å². The van der Waals surface area contributed by atoms with Crippen molar-refractivity contribution in [3.05, 3.63) is 0 Å². The number of thioether (sulfide) groups is 1. The zero-order chi connectivity index (χ0) is 9.40. The molecule has 1 atom stereocenters. The molecule has 0 aliphatic rings. The standard InChI is InChI=1S/C8H15FO2S/c1-3-5-6-12-7(9)8(10)11-4-2/h7H,3-6H2,1-2H3. The van der Waals surface area contributed by atoms with Crippen molar-refractivity contribution in [2.75, 3.05) is 12.4 Å². The second kappa shape index (κ2) is 7.40. The molecule has 1 unspecified atom stereocenters. The summed E-state index contributed by atoms with van der Waals surface area (Å²) in [6.07, 6.45) is 1.95. The Morgan fingerprint density at radius 3 is 2.75 bits per heavy atom. The van der Waals surface area contributed by atoms with Crippen LogP contribution in [0.1, 0.15) is 26.7 Å². The van der Waals surface area contributed by atoms with Crippen LogP contribution in [0.3, 0.4) is 0 Å². The zero-order valence-corrected chi connectivity index (χ0v) is 8.32. The van der Waals surface area contributed by atoms with Gasteiger partial charge in [-0.05, 0) is 19.1 Å². The van der Waals surface area contributed by atoms with Crippen LogP contribution in [0.25, 0.3) is 0 Å². The summed E-state index contributed by atoms with van der Waals surface area (Å²) in [5, 5.41) is 0. The van der Waals surface area contributed by atoms with Crippen molar-refractivity contribution in [3.63, 3.8) is 0 Å². The van der Waals surface area contributed by atoms with Crippen LogP contribution in [-0.4, -0.2) is 23.8 Å². The van der Waals surface area contributed by atoms with Gasteiger partial charge in [-0.25, -0.2) is 9.18 Å². The van der Waals surface area contributed by atoms with Gasteiger partial charge in [-0.1, -0.05) is 13.3 Å². The van der Waals surface area contributed by atoms with Crippen LogP contribution in [-0.2, 0) is 9.53 Å². The van der Waals surface area contributed by atoms with E-state index >= 15 is 0 Å². The van der Waals surface area contributed by atoms with Crippen molar-refractivity contribution in [1.29, 1.82) is 0 Å². The van der Waals surface area contributed by atoms with E-state index in [0.717, 1.165) is 24.6 Å². The van der Waals surface area contributed by atoms with Gasteiger partial charge in [0.2, 0.25) is 5.50 Å². The first-order valence-electron chi connectivity index (χ1n) is 4.14. The molecule has 0 saturated carbocycles. The summed E-state index contributed by atoms with van der Waals surface area (Å²) in [6, 6.07) is 0. The van der Waals surface area contributed by atoms with Crippen molar-refractivity contribution >= 4 is 17.7 Å². The highest BCUT2D eigenvalue weighted by molar-refractivity contribution is 8.00. The van der Waals surface area contributed by atoms with Gasteiger partial charge in [-0.3, -0.25) is 0 Å². The molecule has 2 nitrogen and oxygen atoms in total. The molecule has 0 saturated heterocycles. The highest BCUT2D eigenvalue weighted by Gasteiger charge is 2.17. The third-order valence-electron chi connectivity index (χ3n) is 1.23. The fraction of sp³-hybridized carbons (Fsp3) is 0.875. The van der Waals surface area contributed by atoms with Crippen molar-refractivity contribution in [2.45, 2.75) is 32.2 Å². The molecule has 0 aromatic heterocycles. The number of carbonyl (C=O) groups is 1. The maximum absolute atomic E-state index is 12.8. The summed E-state index contributed by atoms with van der Waals surface area (Å²) in [7, 11) is 0. The minimum atomic E-state index is -1.50. The second-order valence-corrected chi connectivity index (χ2v) is 3.45. The molecular weight excluding hydrogens is 179 g/mol. The number of carbonyl (C=O) groups excluding carboxylic acids is 1. The molecular formula is C8H15FO2S. The maximum atomic E-state index is 12.8. The van der Waals surface area contributed by atoms with Crippen molar-refractivity contribution in [1.82, 2.24) is 0 Å². The molecule has 0 aliphatic carbocycles. The number of rotatable bonds is 6. The summed E-state index contributed by atoms with van der Waals surface area (Å²) < 4.78 is 17.3. The third-order valence-corrected chi connectivity index (χ3v) is 2.24. The SMILES string of the molecule is CCCCSC(F)C(=O)OCC. The fourth-order valence-electron chi connectivity index (χ4n) is 0.607. The van der Waals surface area contributed by atoms with Gasteiger partial charge in [0, 0.05) is 0 Å². The summed E-state index contributed by atoms with van der Waals surface area (Å²) in [4.78, 5) is 10.7. The number of esters is 1. The van der Waals surface area contributed by atoms with Crippen molar-refractivity contribution in [2.24, 2.45) is 0 Å². The molecule has 0 aromatic rings. The normalized spacial score (nSPS) is 12.6. The Labute approximate surface area is 76.9 Å². The van der Waals surface area contributed by atoms with Gasteiger partial charge in [0.1, 0.15) is 0 Å². The molecule has 0 fully saturated rings. The first-order chi connectivity index (χ1) is 5.72. The van der Waals surface area contributed by atoms with E-state index in [9.17, 15) is 9.18 Å². The molecule has 0 aromatic carbocycles. The van der Waals surface area contributed by atoms with E-state index in [-0.39, 0.29) is 6.61 Å². The summed E-state index contributed by atoms with van der Waals surface area (Å²) in [6.45, 7) is 3.94. The summed E-state index contributed by atoms with van der Waals surface area (Å²) in [5.41, 5.74) is -1.50. The average molecular weight is 194 g/mol. The molecule has 0 bridgehead atoms. The average Bonchev–Trinajstić information content (AvgIpc) is 2.05. The number of alkyl halides is 1. The predicted octanol–water partition coefficient (Wildman–Crippen LogP) is 2.38. The van der Waals surface area contributed by atoms with E-state index in [1.165, 1.54) is 0 Å². The Bertz CT molecular complexity index is 130. The van der Waals surface area contributed by atoms with Crippen LogP contribution in [0.4, 0.5) is 4.39 Å². The van der Waals surface area contributed by atoms with Crippen LogP contribution in [0, 0.1) is 0 Å². The Morgan fingerprint density at radius 2 is 2.25 bits per heavy atom. The lowest BCUT2D eigenvalue weighted by Gasteiger charge is -2.05. The van der Waals surface area contributed by atoms with E-state index in [1.54, 1.807) is 6.92 Å². The van der Waals surface area contributed by atoms with Gasteiger partial charge in [0.25, 0.3) is 0 Å². The lowest BCUT2D eigenvalue weighted by molar-refractivity contribution is -0.145. The van der Waals surface area contributed by atoms with Crippen LogP contribution in [0.2, 0.25) is 0 Å². The number of ether oxygens (including phenoxy) is 1. The minimum absolute atomic E-state index is 0.244. The molecule has 0 N–H and O–H groups in total. The molecule has 0 rings (SSSR count). The van der Waals surface area contributed by atoms with Crippen LogP contribution in [0.5, 0.6) is 0 Å². The van der Waals surface area contributed by atoms with Crippen LogP contribution < -0.4 is 0 Å². The Balaban J connectivity index is 3.42. The summed E-state index contributed by atoms with van der Waals surface area (Å²) in [5.74, 6) is -0.0742. The molecule has 0 spiro atoms. The van der Waals surface area contributed by atoms with Gasteiger partial charge in [0.15, 0.2) is 0 Å². The fourth-order valence-corrected chi connectivity index (χ4v) is 1.47. The predicted molar refractivity (Wildman–Crippen MR) is 48.9 cm³/mol. The van der Waals surface area contributed by atoms with Gasteiger partial charge in [-0.15, -0.1) is 11.8 Å². The molecule has 0 heterocycles. The molecule has 72 valence electrons. The van der Waals surface area contributed by atoms with Gasteiger partial charge in [-0.2, -0.15) is 0 Å². The molecule has 12 heavy (non-hydrogen) atoms. The number of hydrogen-bond donors (Lipinski definition) is 0. The van der Waals surface area contributed by atoms with Crippen LogP contribution >= 0.6 is 11.8 Å². The molecule has 0 aliphatic heterocycles. The van der Waals surface area contributed by atoms with E-state index in [0.29, 0.717) is 5.75 Å². The first kappa shape index (κ1) is 11.8. The first-order valence-corrected chi connectivity index (χ1v) is 5.19. The lowest BCUT2D eigenvalue weighted by atomic mass is 10.4. The van der Waals surface area contributed by atoms with E-state index in [1.807, 2.05) is 6.92 Å². The molecule has 0 radical (unpaired) electrons. The third kappa shape index (κ3) is 5.41. The van der Waals surface area contributed by atoms with Gasteiger partial charge in [0.05, 0.1) is 6.61 Å². The van der Waals surface area contributed by atoms with Crippen LogP contribution in [0.15, 0.2) is 0 Å². The highest BCUT2D eigenvalue weighted by atomic mass is 32.2. The van der Waals surface area contributed by atoms with Gasteiger partial charge < -0.3 is 4.74 Å². The Kier molecular flexibility index (Phi) is 7.25. The molecule has 4 heteroatoms. The highest BCUT2D eigenvalue weighted by Crippen LogP contribution is 2.15. The van der Waals surface area contributed by atoms with E-state index < -0.39 is 11.5 Å². The van der Waals surface area contributed by atoms with E-state index in [2.05, 4.69) is 4.74 Å². The monoisotopic (exact) mass is 194 g/mol. The number of unbranched alkanes of at least 4 members (excludes halogenated alkanes) is 1. The minimum Gasteiger partial charge on any atom is -0.463 e. The topological polar surface area (TPSA) is 26.3 Å². The number of hydrogen-bond acceptors (Lipinski definition) is 3. The zero-order valence-electron chi connectivity index (χ0n) is 7.51. The largest absolute Gasteiger partial charge is 0.463 e. The van der Waals surface area contributed by atoms with Gasteiger partial charge >= 0.3 is 5.97 Å². The Hall–Kier alpha value is -0.250. The maximum Gasteiger partial charge on any atom is 0.351 e. The number of halogens is 1. The second-order valence-electron chi connectivity index (χ2n) is 2.29. The molecule has 0 amide bonds. The smallest absolute Gasteiger partial charge is 0.351 e. The quantitative estimate of drug-likeness (QED) is 0.479.